The second-order valence-electron chi connectivity index (χ2n) is 9.15. The molecule has 0 saturated heterocycles. The molecule has 0 saturated carbocycles. The summed E-state index contributed by atoms with van der Waals surface area (Å²) in [5, 5.41) is 0. The van der Waals surface area contributed by atoms with Gasteiger partial charge < -0.3 is 14.2 Å². The number of carbonyl (C=O) groups excluding carboxylic acids is 1. The first kappa shape index (κ1) is 29.0. The number of carbonyl (C=O) groups is 1. The fraction of sp³-hybridized carbons (Fsp3) is 0.194. The number of hydrogen-bond acceptors (Lipinski definition) is 7. The molecule has 1 atom stereocenters. The number of halogens is 2. The Bertz CT molecular complexity index is 1830. The molecule has 5 rings (SSSR count). The van der Waals surface area contributed by atoms with Crippen LogP contribution in [-0.2, 0) is 16.1 Å². The van der Waals surface area contributed by atoms with Gasteiger partial charge in [0.25, 0.3) is 5.56 Å². The molecule has 0 spiro atoms. The highest BCUT2D eigenvalue weighted by atomic mass is 79.9. The number of fused-ring (bicyclic) bond motifs is 1. The largest absolute Gasteiger partial charge is 0.496 e. The average Bonchev–Trinajstić information content (AvgIpc) is 3.26. The minimum absolute atomic E-state index is 0.204. The number of para-hydroxylation sites is 1. The highest BCUT2D eigenvalue weighted by Gasteiger charge is 2.33. The number of methoxy groups -OCH3 is 1. The molecule has 0 unspecified atom stereocenters. The number of hydrogen-bond donors (Lipinski definition) is 0. The maximum Gasteiger partial charge on any atom is 0.338 e. The van der Waals surface area contributed by atoms with Crippen molar-refractivity contribution in [1.82, 2.24) is 4.57 Å². The maximum absolute atomic E-state index is 14.0. The first-order valence-corrected chi connectivity index (χ1v) is 15.2. The lowest BCUT2D eigenvalue weighted by Gasteiger charge is -2.25. The monoisotopic (exact) mass is 696 g/mol. The summed E-state index contributed by atoms with van der Waals surface area (Å²) in [6.45, 7) is 4.10. The van der Waals surface area contributed by atoms with Crippen LogP contribution in [0.15, 0.2) is 96.7 Å². The summed E-state index contributed by atoms with van der Waals surface area (Å²) in [6.07, 6.45) is 1.81. The third kappa shape index (κ3) is 6.10. The van der Waals surface area contributed by atoms with Gasteiger partial charge in [0, 0.05) is 10.0 Å². The topological polar surface area (TPSA) is 79.1 Å². The van der Waals surface area contributed by atoms with E-state index in [1.807, 2.05) is 66.7 Å². The summed E-state index contributed by atoms with van der Waals surface area (Å²) < 4.78 is 20.7. The first-order chi connectivity index (χ1) is 19.8. The molecule has 0 aliphatic carbocycles. The molecule has 10 heteroatoms. The second kappa shape index (κ2) is 12.6. The van der Waals surface area contributed by atoms with Gasteiger partial charge >= 0.3 is 5.97 Å². The van der Waals surface area contributed by atoms with Gasteiger partial charge in [-0.25, -0.2) is 9.79 Å². The highest BCUT2D eigenvalue weighted by molar-refractivity contribution is 9.10. The fourth-order valence-electron chi connectivity index (χ4n) is 4.57. The number of esters is 1. The molecule has 0 N–H and O–H groups in total. The number of thiazole rings is 1. The lowest BCUT2D eigenvalue weighted by molar-refractivity contribution is -0.139. The van der Waals surface area contributed by atoms with Crippen LogP contribution in [0.4, 0.5) is 0 Å². The van der Waals surface area contributed by atoms with E-state index in [1.165, 1.54) is 11.3 Å². The van der Waals surface area contributed by atoms with Crippen LogP contribution in [0.3, 0.4) is 0 Å². The Labute approximate surface area is 257 Å². The van der Waals surface area contributed by atoms with Crippen LogP contribution in [-0.4, -0.2) is 24.3 Å². The summed E-state index contributed by atoms with van der Waals surface area (Å²) in [7, 11) is 1.58. The first-order valence-electron chi connectivity index (χ1n) is 12.8. The maximum atomic E-state index is 14.0. The fourth-order valence-corrected chi connectivity index (χ4v) is 6.43. The molecule has 2 heterocycles. The summed E-state index contributed by atoms with van der Waals surface area (Å²) in [4.78, 5) is 32.3. The van der Waals surface area contributed by atoms with E-state index in [9.17, 15) is 9.59 Å². The van der Waals surface area contributed by atoms with Crippen molar-refractivity contribution in [2.45, 2.75) is 26.5 Å². The number of nitrogens with zero attached hydrogens (tertiary/aromatic N) is 2. The van der Waals surface area contributed by atoms with Crippen molar-refractivity contribution < 1.29 is 19.0 Å². The van der Waals surface area contributed by atoms with Crippen LogP contribution in [0.1, 0.15) is 36.6 Å². The zero-order chi connectivity index (χ0) is 29.1. The van der Waals surface area contributed by atoms with Gasteiger partial charge in [0.05, 0.1) is 40.0 Å². The molecule has 210 valence electrons. The Balaban J connectivity index is 1.60. The Morgan fingerprint density at radius 3 is 2.54 bits per heavy atom. The van der Waals surface area contributed by atoms with Crippen LogP contribution >= 0.6 is 43.2 Å². The van der Waals surface area contributed by atoms with Crippen LogP contribution < -0.4 is 24.4 Å². The summed E-state index contributed by atoms with van der Waals surface area (Å²) in [6, 6.07) is 20.3. The van der Waals surface area contributed by atoms with Crippen molar-refractivity contribution in [3.05, 3.63) is 123 Å². The average molecular weight is 698 g/mol. The van der Waals surface area contributed by atoms with Crippen LogP contribution in [0.5, 0.6) is 11.5 Å². The van der Waals surface area contributed by atoms with E-state index in [1.54, 1.807) is 31.6 Å². The van der Waals surface area contributed by atoms with Crippen LogP contribution in [0.25, 0.3) is 6.08 Å². The molecule has 1 aliphatic heterocycles. The van der Waals surface area contributed by atoms with Gasteiger partial charge in [-0.3, -0.25) is 9.36 Å². The molecule has 3 aromatic carbocycles. The van der Waals surface area contributed by atoms with Gasteiger partial charge in [-0.1, -0.05) is 63.7 Å². The molecule has 4 aromatic rings. The molecule has 1 aromatic heterocycles. The van der Waals surface area contributed by atoms with Crippen LogP contribution in [0.2, 0.25) is 0 Å². The molecule has 0 bridgehead atoms. The minimum atomic E-state index is -0.724. The molecule has 0 fully saturated rings. The second-order valence-corrected chi connectivity index (χ2v) is 11.9. The van der Waals surface area contributed by atoms with Crippen molar-refractivity contribution in [3.8, 4) is 11.5 Å². The summed E-state index contributed by atoms with van der Waals surface area (Å²) in [5.41, 5.74) is 3.08. The Kier molecular flexibility index (Phi) is 8.91. The van der Waals surface area contributed by atoms with Gasteiger partial charge in [-0.15, -0.1) is 0 Å². The molecule has 1 aliphatic rings. The van der Waals surface area contributed by atoms with Gasteiger partial charge in [0.2, 0.25) is 0 Å². The predicted octanol–water partition coefficient (Wildman–Crippen LogP) is 5.91. The van der Waals surface area contributed by atoms with E-state index in [2.05, 4.69) is 36.9 Å². The zero-order valence-corrected chi connectivity index (χ0v) is 26.5. The van der Waals surface area contributed by atoms with Crippen molar-refractivity contribution >= 4 is 55.2 Å². The third-order valence-corrected chi connectivity index (χ3v) is 8.65. The number of benzene rings is 3. The Hall–Kier alpha value is -3.47. The van der Waals surface area contributed by atoms with E-state index < -0.39 is 12.0 Å². The van der Waals surface area contributed by atoms with Crippen molar-refractivity contribution in [3.63, 3.8) is 0 Å². The van der Waals surface area contributed by atoms with E-state index in [4.69, 9.17) is 14.2 Å². The number of ether oxygens (including phenoxy) is 3. The van der Waals surface area contributed by atoms with Crippen molar-refractivity contribution in [2.24, 2.45) is 4.99 Å². The van der Waals surface area contributed by atoms with Crippen molar-refractivity contribution in [1.29, 1.82) is 0 Å². The van der Waals surface area contributed by atoms with Crippen molar-refractivity contribution in [2.75, 3.05) is 13.7 Å². The Morgan fingerprint density at radius 1 is 1.07 bits per heavy atom. The standard InChI is InChI=1S/C31H26Br2N2O5S/c1-4-39-30(37)27-18(2)34-31-35(28(27)21-11-14-25(38-3)23(33)15-21)29(36)26(41-31)16-20-7-5-6-8-24(20)40-17-19-9-12-22(32)13-10-19/h5-16,28H,4,17H2,1-3H3/b26-16-/t28-/m1/s1. The highest BCUT2D eigenvalue weighted by Crippen LogP contribution is 2.35. The Morgan fingerprint density at radius 2 is 1.83 bits per heavy atom. The minimum Gasteiger partial charge on any atom is -0.496 e. The normalized spacial score (nSPS) is 14.9. The quantitative estimate of drug-likeness (QED) is 0.214. The zero-order valence-electron chi connectivity index (χ0n) is 22.5. The molecule has 7 nitrogen and oxygen atoms in total. The molecular weight excluding hydrogens is 672 g/mol. The molecular formula is C31H26Br2N2O5S. The molecule has 41 heavy (non-hydrogen) atoms. The lowest BCUT2D eigenvalue weighted by atomic mass is 9.96. The number of rotatable bonds is 8. The van der Waals surface area contributed by atoms with E-state index in [-0.39, 0.29) is 12.2 Å². The van der Waals surface area contributed by atoms with Gasteiger partial charge in [0.15, 0.2) is 4.80 Å². The lowest BCUT2D eigenvalue weighted by Crippen LogP contribution is -2.40. The molecule has 0 amide bonds. The third-order valence-electron chi connectivity index (χ3n) is 6.52. The van der Waals surface area contributed by atoms with E-state index >= 15 is 0 Å². The van der Waals surface area contributed by atoms with Gasteiger partial charge in [-0.05, 0) is 77.3 Å². The number of aromatic nitrogens is 1. The van der Waals surface area contributed by atoms with Crippen LogP contribution in [0, 0.1) is 0 Å². The molecule has 0 radical (unpaired) electrons. The predicted molar refractivity (Wildman–Crippen MR) is 166 cm³/mol. The van der Waals surface area contributed by atoms with E-state index in [0.717, 1.165) is 21.2 Å². The van der Waals surface area contributed by atoms with E-state index in [0.29, 0.717) is 43.2 Å². The smallest absolute Gasteiger partial charge is 0.338 e. The number of allylic oxidation sites excluding steroid dienone is 1. The summed E-state index contributed by atoms with van der Waals surface area (Å²) in [5.74, 6) is 0.784. The van der Waals surface area contributed by atoms with Gasteiger partial charge in [-0.2, -0.15) is 0 Å². The summed E-state index contributed by atoms with van der Waals surface area (Å²) >= 11 is 8.26. The van der Waals surface area contributed by atoms with Gasteiger partial charge in [0.1, 0.15) is 18.1 Å². The SMILES string of the molecule is CCOC(=O)C1=C(C)N=c2s/c(=C\c3ccccc3OCc3ccc(Br)cc3)c(=O)n2[C@@H]1c1ccc(OC)c(Br)c1.